The Morgan fingerprint density at radius 3 is 2.83 bits per heavy atom. The monoisotopic (exact) mass is 408 g/mol. The first-order chi connectivity index (χ1) is 14.2. The number of carbonyl (C=O) groups excluding carboxylic acids is 1. The molecule has 2 aromatic heterocycles. The minimum absolute atomic E-state index is 0.139. The average Bonchev–Trinajstić information content (AvgIpc) is 3.31. The molecule has 0 aliphatic carbocycles. The number of amides is 1. The molecule has 148 valence electrons. The minimum Gasteiger partial charge on any atom is -0.496 e. The fourth-order valence-corrected chi connectivity index (χ4v) is 4.29. The zero-order valence-corrected chi connectivity index (χ0v) is 16.8. The quantitative estimate of drug-likeness (QED) is 0.474. The Labute approximate surface area is 172 Å². The number of rotatable bonds is 7. The molecule has 29 heavy (non-hydrogen) atoms. The number of thiophene rings is 1. The molecule has 0 radical (unpaired) electrons. The maximum atomic E-state index is 13.6. The number of aromatic nitrogens is 1. The summed E-state index contributed by atoms with van der Waals surface area (Å²) in [5.74, 6) is 0.399. The van der Waals surface area contributed by atoms with Crippen molar-refractivity contribution in [2.75, 3.05) is 13.7 Å². The molecule has 0 saturated heterocycles. The predicted octanol–water partition coefficient (Wildman–Crippen LogP) is 4.87. The minimum atomic E-state index is -0.279. The van der Waals surface area contributed by atoms with Gasteiger partial charge in [0.05, 0.1) is 17.3 Å². The van der Waals surface area contributed by atoms with Gasteiger partial charge in [-0.15, -0.1) is 11.3 Å². The summed E-state index contributed by atoms with van der Waals surface area (Å²) in [7, 11) is 1.64. The summed E-state index contributed by atoms with van der Waals surface area (Å²) in [5, 5.41) is 5.00. The first kappa shape index (κ1) is 19.2. The molecular weight excluding hydrogens is 387 g/mol. The van der Waals surface area contributed by atoms with Gasteiger partial charge in [0, 0.05) is 13.1 Å². The summed E-state index contributed by atoms with van der Waals surface area (Å²) in [5.41, 5.74) is 3.42. The van der Waals surface area contributed by atoms with Crippen LogP contribution in [0, 0.1) is 5.82 Å². The van der Waals surface area contributed by atoms with Gasteiger partial charge in [0.1, 0.15) is 17.3 Å². The van der Waals surface area contributed by atoms with Gasteiger partial charge in [0.15, 0.2) is 0 Å². The third kappa shape index (κ3) is 4.17. The molecule has 0 aliphatic heterocycles. The molecule has 0 aliphatic rings. The Morgan fingerprint density at radius 1 is 1.14 bits per heavy atom. The highest BCUT2D eigenvalue weighted by molar-refractivity contribution is 7.17. The van der Waals surface area contributed by atoms with E-state index in [4.69, 9.17) is 4.74 Å². The maximum absolute atomic E-state index is 13.6. The van der Waals surface area contributed by atoms with E-state index in [-0.39, 0.29) is 11.7 Å². The molecule has 1 amide bonds. The second kappa shape index (κ2) is 8.49. The Bertz CT molecular complexity index is 1150. The van der Waals surface area contributed by atoms with Crippen LogP contribution in [-0.2, 0) is 13.0 Å². The molecule has 4 nitrogen and oxygen atoms in total. The molecule has 4 aromatic rings. The highest BCUT2D eigenvalue weighted by Gasteiger charge is 2.17. The third-order valence-corrected chi connectivity index (χ3v) is 5.71. The summed E-state index contributed by atoms with van der Waals surface area (Å²) in [4.78, 5) is 12.9. The van der Waals surface area contributed by atoms with E-state index >= 15 is 0 Å². The van der Waals surface area contributed by atoms with E-state index in [0.717, 1.165) is 27.1 Å². The normalized spacial score (nSPS) is 11.0. The number of nitrogens with zero attached hydrogens (tertiary/aromatic N) is 1. The smallest absolute Gasteiger partial charge is 0.267 e. The molecule has 6 heteroatoms. The van der Waals surface area contributed by atoms with Gasteiger partial charge in [0.25, 0.3) is 5.91 Å². The summed E-state index contributed by atoms with van der Waals surface area (Å²) >= 11 is 1.59. The number of fused-ring (bicyclic) bond motifs is 1. The number of hydrogen-bond acceptors (Lipinski definition) is 3. The summed E-state index contributed by atoms with van der Waals surface area (Å²) < 4.78 is 21.9. The van der Waals surface area contributed by atoms with Crippen LogP contribution in [0.25, 0.3) is 10.2 Å². The Balaban J connectivity index is 1.52. The zero-order chi connectivity index (χ0) is 20.2. The van der Waals surface area contributed by atoms with Gasteiger partial charge >= 0.3 is 0 Å². The number of halogens is 1. The molecule has 2 heterocycles. The van der Waals surface area contributed by atoms with Crippen molar-refractivity contribution < 1.29 is 13.9 Å². The van der Waals surface area contributed by atoms with Crippen molar-refractivity contribution in [3.8, 4) is 5.75 Å². The van der Waals surface area contributed by atoms with Crippen molar-refractivity contribution in [3.05, 3.63) is 88.7 Å². The van der Waals surface area contributed by atoms with Crippen molar-refractivity contribution in [1.82, 2.24) is 9.88 Å². The molecule has 4 rings (SSSR count). The molecular formula is C23H21FN2O2S. The first-order valence-corrected chi connectivity index (χ1v) is 10.2. The fraction of sp³-hybridized carbons (Fsp3) is 0.174. The molecule has 0 fully saturated rings. The van der Waals surface area contributed by atoms with Crippen molar-refractivity contribution in [3.63, 3.8) is 0 Å². The van der Waals surface area contributed by atoms with Crippen LogP contribution in [0.15, 0.2) is 66.0 Å². The Kier molecular flexibility index (Phi) is 5.62. The van der Waals surface area contributed by atoms with Crippen molar-refractivity contribution >= 4 is 27.5 Å². The van der Waals surface area contributed by atoms with Crippen LogP contribution in [0.4, 0.5) is 4.39 Å². The number of ether oxygens (including phenoxy) is 1. The van der Waals surface area contributed by atoms with Gasteiger partial charge in [-0.3, -0.25) is 4.79 Å². The lowest BCUT2D eigenvalue weighted by atomic mass is 10.1. The van der Waals surface area contributed by atoms with Crippen LogP contribution in [0.1, 0.15) is 21.6 Å². The Hall–Kier alpha value is -3.12. The van der Waals surface area contributed by atoms with Gasteiger partial charge in [0.2, 0.25) is 0 Å². The van der Waals surface area contributed by atoms with E-state index in [1.807, 2.05) is 52.4 Å². The van der Waals surface area contributed by atoms with Gasteiger partial charge in [-0.1, -0.05) is 30.3 Å². The Morgan fingerprint density at radius 2 is 2.00 bits per heavy atom. The standard InChI is InChI=1S/C23H21FN2O2S/c1-28-21-8-3-2-6-17(21)9-11-25-23(27)20-14-22-19(10-12-29-22)26(20)15-16-5-4-7-18(24)13-16/h2-8,10,12-14H,9,11,15H2,1H3,(H,25,27). The van der Waals surface area contributed by atoms with E-state index in [2.05, 4.69) is 5.32 Å². The van der Waals surface area contributed by atoms with E-state index < -0.39 is 0 Å². The predicted molar refractivity (Wildman–Crippen MR) is 114 cm³/mol. The third-order valence-electron chi connectivity index (χ3n) is 4.86. The molecule has 2 aromatic carbocycles. The van der Waals surface area contributed by atoms with Crippen molar-refractivity contribution in [2.24, 2.45) is 0 Å². The SMILES string of the molecule is COc1ccccc1CCNC(=O)c1cc2sccc2n1Cc1cccc(F)c1. The van der Waals surface area contributed by atoms with E-state index in [0.29, 0.717) is 25.2 Å². The van der Waals surface area contributed by atoms with E-state index in [1.165, 1.54) is 12.1 Å². The highest BCUT2D eigenvalue weighted by Crippen LogP contribution is 2.26. The number of nitrogens with one attached hydrogen (secondary N) is 1. The van der Waals surface area contributed by atoms with Crippen LogP contribution in [0.5, 0.6) is 5.75 Å². The largest absolute Gasteiger partial charge is 0.496 e. The molecule has 0 spiro atoms. The first-order valence-electron chi connectivity index (χ1n) is 9.37. The second-order valence-corrected chi connectivity index (χ2v) is 7.68. The number of methoxy groups -OCH3 is 1. The van der Waals surface area contributed by atoms with Crippen LogP contribution >= 0.6 is 11.3 Å². The van der Waals surface area contributed by atoms with Gasteiger partial charge in [-0.2, -0.15) is 0 Å². The molecule has 0 bridgehead atoms. The number of carbonyl (C=O) groups is 1. The van der Waals surface area contributed by atoms with E-state index in [1.54, 1.807) is 24.5 Å². The second-order valence-electron chi connectivity index (χ2n) is 6.73. The van der Waals surface area contributed by atoms with Crippen molar-refractivity contribution in [2.45, 2.75) is 13.0 Å². The highest BCUT2D eigenvalue weighted by atomic mass is 32.1. The molecule has 0 atom stereocenters. The maximum Gasteiger partial charge on any atom is 0.267 e. The summed E-state index contributed by atoms with van der Waals surface area (Å²) in [6.07, 6.45) is 0.675. The molecule has 1 N–H and O–H groups in total. The van der Waals surface area contributed by atoms with Crippen LogP contribution in [0.3, 0.4) is 0 Å². The van der Waals surface area contributed by atoms with Crippen LogP contribution in [0.2, 0.25) is 0 Å². The van der Waals surface area contributed by atoms with Crippen LogP contribution in [-0.4, -0.2) is 24.1 Å². The summed E-state index contributed by atoms with van der Waals surface area (Å²) in [6.45, 7) is 0.936. The van der Waals surface area contributed by atoms with Gasteiger partial charge < -0.3 is 14.6 Å². The lowest BCUT2D eigenvalue weighted by Gasteiger charge is -2.12. The van der Waals surface area contributed by atoms with E-state index in [9.17, 15) is 9.18 Å². The molecule has 0 unspecified atom stereocenters. The molecule has 0 saturated carbocycles. The van der Waals surface area contributed by atoms with Gasteiger partial charge in [-0.25, -0.2) is 4.39 Å². The van der Waals surface area contributed by atoms with Crippen LogP contribution < -0.4 is 10.1 Å². The number of hydrogen-bond donors (Lipinski definition) is 1. The van der Waals surface area contributed by atoms with Crippen molar-refractivity contribution in [1.29, 1.82) is 0 Å². The topological polar surface area (TPSA) is 43.3 Å². The lowest BCUT2D eigenvalue weighted by molar-refractivity contribution is 0.0945. The zero-order valence-electron chi connectivity index (χ0n) is 16.0. The van der Waals surface area contributed by atoms with Gasteiger partial charge in [-0.05, 0) is 53.3 Å². The average molecular weight is 408 g/mol. The number of benzene rings is 2. The number of para-hydroxylation sites is 1. The fourth-order valence-electron chi connectivity index (χ4n) is 3.46. The summed E-state index contributed by atoms with van der Waals surface area (Å²) in [6, 6.07) is 18.2. The lowest BCUT2D eigenvalue weighted by Crippen LogP contribution is -2.28.